The Balaban J connectivity index is 2.93. The van der Waals surface area contributed by atoms with Crippen LogP contribution in [0.2, 0.25) is 0 Å². The van der Waals surface area contributed by atoms with Gasteiger partial charge in [0.05, 0.1) is 0 Å². The highest BCUT2D eigenvalue weighted by molar-refractivity contribution is 7.99. The summed E-state index contributed by atoms with van der Waals surface area (Å²) in [5.74, 6) is 0. The highest BCUT2D eigenvalue weighted by atomic mass is 32.2. The van der Waals surface area contributed by atoms with E-state index >= 15 is 0 Å². The minimum atomic E-state index is -0.749. The number of hydrogen-bond acceptors (Lipinski definition) is 2. The number of thioether (sulfide) groups is 1. The topological polar surface area (TPSA) is 20.2 Å². The Morgan fingerprint density at radius 3 is 2.27 bits per heavy atom. The molecule has 0 fully saturated rings. The number of hydrogen-bond donors (Lipinski definition) is 1. The molecule has 1 aromatic rings. The van der Waals surface area contributed by atoms with Crippen molar-refractivity contribution in [3.8, 4) is 0 Å². The van der Waals surface area contributed by atoms with Crippen molar-refractivity contribution >= 4 is 11.8 Å². The van der Waals surface area contributed by atoms with Crippen molar-refractivity contribution in [1.82, 2.24) is 0 Å². The molecule has 0 aliphatic heterocycles. The molecule has 60 valence electrons. The van der Waals surface area contributed by atoms with Crippen LogP contribution in [0.5, 0.6) is 0 Å². The maximum absolute atomic E-state index is 9.76. The molecule has 1 rings (SSSR count). The number of benzene rings is 1. The van der Waals surface area contributed by atoms with Crippen LogP contribution in [-0.2, 0) is 4.93 Å². The first-order chi connectivity index (χ1) is 5.17. The predicted molar refractivity (Wildman–Crippen MR) is 49.5 cm³/mol. The molecule has 1 atom stereocenters. The summed E-state index contributed by atoms with van der Waals surface area (Å²) in [4.78, 5) is -0.749. The zero-order valence-corrected chi connectivity index (χ0v) is 7.56. The fourth-order valence-corrected chi connectivity index (χ4v) is 1.24. The van der Waals surface area contributed by atoms with Crippen molar-refractivity contribution in [2.75, 3.05) is 6.26 Å². The van der Waals surface area contributed by atoms with Crippen LogP contribution in [0.25, 0.3) is 0 Å². The summed E-state index contributed by atoms with van der Waals surface area (Å²) in [6.07, 6.45) is 1.90. The van der Waals surface area contributed by atoms with E-state index in [0.717, 1.165) is 5.56 Å². The highest BCUT2D eigenvalue weighted by Gasteiger charge is 2.19. The molecule has 0 aromatic heterocycles. The smallest absolute Gasteiger partial charge is 0.133 e. The van der Waals surface area contributed by atoms with E-state index in [1.54, 1.807) is 6.92 Å². The van der Waals surface area contributed by atoms with Gasteiger partial charge in [-0.05, 0) is 18.7 Å². The Bertz CT molecular complexity index is 218. The highest BCUT2D eigenvalue weighted by Crippen LogP contribution is 2.30. The van der Waals surface area contributed by atoms with Gasteiger partial charge in [-0.1, -0.05) is 30.3 Å². The van der Waals surface area contributed by atoms with Gasteiger partial charge < -0.3 is 5.11 Å². The first-order valence-electron chi connectivity index (χ1n) is 3.50. The SMILES string of the molecule is CSC(C)(O)c1ccccc1. The maximum atomic E-state index is 9.76. The van der Waals surface area contributed by atoms with Crippen LogP contribution in [0.4, 0.5) is 0 Å². The molecule has 0 amide bonds. The molecule has 0 saturated heterocycles. The summed E-state index contributed by atoms with van der Waals surface area (Å²) in [5, 5.41) is 9.76. The second-order valence-corrected chi connectivity index (χ2v) is 3.76. The van der Waals surface area contributed by atoms with E-state index in [2.05, 4.69) is 0 Å². The van der Waals surface area contributed by atoms with Crippen molar-refractivity contribution < 1.29 is 5.11 Å². The predicted octanol–water partition coefficient (Wildman–Crippen LogP) is 2.21. The zero-order valence-electron chi connectivity index (χ0n) is 6.74. The molecule has 1 nitrogen and oxygen atoms in total. The van der Waals surface area contributed by atoms with Crippen LogP contribution in [0, 0.1) is 0 Å². The lowest BCUT2D eigenvalue weighted by Gasteiger charge is -2.20. The molecule has 0 heterocycles. The summed E-state index contributed by atoms with van der Waals surface area (Å²) in [6.45, 7) is 1.80. The monoisotopic (exact) mass is 168 g/mol. The molecule has 0 spiro atoms. The Labute approximate surface area is 71.4 Å². The lowest BCUT2D eigenvalue weighted by Crippen LogP contribution is -2.14. The third-order valence-electron chi connectivity index (χ3n) is 1.71. The van der Waals surface area contributed by atoms with Crippen LogP contribution in [0.15, 0.2) is 30.3 Å². The summed E-state index contributed by atoms with van der Waals surface area (Å²) >= 11 is 1.44. The van der Waals surface area contributed by atoms with E-state index in [1.807, 2.05) is 36.6 Å². The summed E-state index contributed by atoms with van der Waals surface area (Å²) < 4.78 is 0. The largest absolute Gasteiger partial charge is 0.376 e. The Morgan fingerprint density at radius 2 is 1.82 bits per heavy atom. The minimum Gasteiger partial charge on any atom is -0.376 e. The fourth-order valence-electron chi connectivity index (χ4n) is 0.865. The maximum Gasteiger partial charge on any atom is 0.133 e. The standard InChI is InChI=1S/C9H12OS/c1-9(10,11-2)8-6-4-3-5-7-8/h3-7,10H,1-2H3. The lowest BCUT2D eigenvalue weighted by molar-refractivity contribution is 0.160. The van der Waals surface area contributed by atoms with Gasteiger partial charge in [0.15, 0.2) is 0 Å². The van der Waals surface area contributed by atoms with E-state index in [0.29, 0.717) is 0 Å². The van der Waals surface area contributed by atoms with Crippen molar-refractivity contribution in [3.05, 3.63) is 35.9 Å². The molecule has 0 saturated carbocycles. The number of aliphatic hydroxyl groups is 1. The first kappa shape index (κ1) is 8.62. The van der Waals surface area contributed by atoms with Gasteiger partial charge in [0.25, 0.3) is 0 Å². The fraction of sp³-hybridized carbons (Fsp3) is 0.333. The summed E-state index contributed by atoms with van der Waals surface area (Å²) in [6, 6.07) is 9.66. The molecule has 0 radical (unpaired) electrons. The van der Waals surface area contributed by atoms with E-state index < -0.39 is 4.93 Å². The zero-order chi connectivity index (χ0) is 8.32. The number of rotatable bonds is 2. The molecule has 11 heavy (non-hydrogen) atoms. The van der Waals surface area contributed by atoms with Crippen LogP contribution in [-0.4, -0.2) is 11.4 Å². The van der Waals surface area contributed by atoms with Crippen LogP contribution in [0.1, 0.15) is 12.5 Å². The molecule has 1 aromatic carbocycles. The minimum absolute atomic E-state index is 0.749. The lowest BCUT2D eigenvalue weighted by atomic mass is 10.1. The quantitative estimate of drug-likeness (QED) is 0.683. The Hall–Kier alpha value is -0.470. The molecular weight excluding hydrogens is 156 g/mol. The van der Waals surface area contributed by atoms with E-state index in [9.17, 15) is 5.11 Å². The van der Waals surface area contributed by atoms with Gasteiger partial charge in [0, 0.05) is 0 Å². The third-order valence-corrected chi connectivity index (χ3v) is 2.74. The van der Waals surface area contributed by atoms with Crippen molar-refractivity contribution in [1.29, 1.82) is 0 Å². The van der Waals surface area contributed by atoms with E-state index in [1.165, 1.54) is 11.8 Å². The van der Waals surface area contributed by atoms with Crippen molar-refractivity contribution in [2.45, 2.75) is 11.9 Å². The molecule has 0 aliphatic rings. The normalized spacial score (nSPS) is 15.9. The van der Waals surface area contributed by atoms with Crippen LogP contribution < -0.4 is 0 Å². The molecule has 1 N–H and O–H groups in total. The van der Waals surface area contributed by atoms with Gasteiger partial charge in [-0.15, -0.1) is 11.8 Å². The molecule has 0 bridgehead atoms. The third kappa shape index (κ3) is 1.98. The van der Waals surface area contributed by atoms with Gasteiger partial charge in [-0.3, -0.25) is 0 Å². The van der Waals surface area contributed by atoms with E-state index in [-0.39, 0.29) is 0 Å². The van der Waals surface area contributed by atoms with Crippen molar-refractivity contribution in [2.24, 2.45) is 0 Å². The average Bonchev–Trinajstić information content (AvgIpc) is 2.06. The van der Waals surface area contributed by atoms with Crippen LogP contribution in [0.3, 0.4) is 0 Å². The molecule has 1 unspecified atom stereocenters. The van der Waals surface area contributed by atoms with Gasteiger partial charge in [0.2, 0.25) is 0 Å². The second kappa shape index (κ2) is 3.28. The van der Waals surface area contributed by atoms with Gasteiger partial charge in [0.1, 0.15) is 4.93 Å². The Kier molecular flexibility index (Phi) is 2.58. The average molecular weight is 168 g/mol. The van der Waals surface area contributed by atoms with Gasteiger partial charge in [-0.25, -0.2) is 0 Å². The molecule has 2 heteroatoms. The molecule has 0 aliphatic carbocycles. The summed E-state index contributed by atoms with van der Waals surface area (Å²) in [7, 11) is 0. The van der Waals surface area contributed by atoms with E-state index in [4.69, 9.17) is 0 Å². The van der Waals surface area contributed by atoms with Crippen LogP contribution >= 0.6 is 11.8 Å². The second-order valence-electron chi connectivity index (χ2n) is 2.55. The summed E-state index contributed by atoms with van der Waals surface area (Å²) in [5.41, 5.74) is 0.951. The van der Waals surface area contributed by atoms with Crippen molar-refractivity contribution in [3.63, 3.8) is 0 Å². The first-order valence-corrected chi connectivity index (χ1v) is 4.72. The van der Waals surface area contributed by atoms with Gasteiger partial charge >= 0.3 is 0 Å². The van der Waals surface area contributed by atoms with Gasteiger partial charge in [-0.2, -0.15) is 0 Å². The molecular formula is C9H12OS. The Morgan fingerprint density at radius 1 is 1.27 bits per heavy atom.